The maximum Gasteiger partial charge on any atom is 0.338 e. The minimum atomic E-state index is -0.246. The molecule has 0 aliphatic rings. The third-order valence-corrected chi connectivity index (χ3v) is 6.30. The predicted molar refractivity (Wildman–Crippen MR) is 142 cm³/mol. The minimum absolute atomic E-state index is 0.0821. The fourth-order valence-electron chi connectivity index (χ4n) is 4.06. The summed E-state index contributed by atoms with van der Waals surface area (Å²) in [5.41, 5.74) is 4.23. The number of halogens is 1. The van der Waals surface area contributed by atoms with Crippen LogP contribution >= 0.6 is 11.6 Å². The Bertz CT molecular complexity index is 1670. The fraction of sp³-hybridized carbons (Fsp3) is 0.0690. The number of pyridine rings is 1. The van der Waals surface area contributed by atoms with Crippen LogP contribution in [0.3, 0.4) is 0 Å². The van der Waals surface area contributed by atoms with Crippen LogP contribution in [0.25, 0.3) is 22.4 Å². The number of nitrogens with zero attached hydrogens (tertiary/aromatic N) is 3. The van der Waals surface area contributed by atoms with E-state index in [1.54, 1.807) is 45.8 Å². The zero-order valence-electron chi connectivity index (χ0n) is 19.5. The zero-order valence-corrected chi connectivity index (χ0v) is 20.3. The topological polar surface area (TPSA) is 66.1 Å². The molecule has 2 heterocycles. The molecule has 0 saturated heterocycles. The summed E-state index contributed by atoms with van der Waals surface area (Å²) < 4.78 is 9.16. The number of rotatable bonds is 7. The Labute approximate surface area is 212 Å². The smallest absolute Gasteiger partial charge is 0.338 e. The Hall–Kier alpha value is -4.42. The van der Waals surface area contributed by atoms with Crippen molar-refractivity contribution < 1.29 is 9.53 Å². The van der Waals surface area contributed by atoms with E-state index in [1.165, 1.54) is 6.08 Å². The van der Waals surface area contributed by atoms with Crippen LogP contribution in [0, 0.1) is 6.92 Å². The number of fused-ring (bicyclic) bond motifs is 1. The second-order valence-electron chi connectivity index (χ2n) is 8.34. The third kappa shape index (κ3) is 4.46. The average Bonchev–Trinajstić information content (AvgIpc) is 3.18. The molecule has 5 rings (SSSR count). The van der Waals surface area contributed by atoms with Crippen molar-refractivity contribution in [3.63, 3.8) is 0 Å². The van der Waals surface area contributed by atoms with Gasteiger partial charge in [0, 0.05) is 17.6 Å². The number of ether oxygens (including phenoxy) is 1. The van der Waals surface area contributed by atoms with Crippen molar-refractivity contribution in [3.8, 4) is 22.9 Å². The molecule has 0 aliphatic heterocycles. The molecule has 0 atom stereocenters. The van der Waals surface area contributed by atoms with Gasteiger partial charge in [-0.3, -0.25) is 18.9 Å². The average molecular weight is 496 g/mol. The van der Waals surface area contributed by atoms with Crippen molar-refractivity contribution in [1.82, 2.24) is 14.1 Å². The molecule has 178 valence electrons. The Kier molecular flexibility index (Phi) is 6.27. The van der Waals surface area contributed by atoms with Gasteiger partial charge >= 0.3 is 5.69 Å². The first-order valence-corrected chi connectivity index (χ1v) is 11.7. The summed E-state index contributed by atoms with van der Waals surface area (Å²) in [5, 5.41) is 0.633. The Morgan fingerprint density at radius 3 is 2.47 bits per heavy atom. The molecule has 36 heavy (non-hydrogen) atoms. The second-order valence-corrected chi connectivity index (χ2v) is 8.75. The van der Waals surface area contributed by atoms with Gasteiger partial charge in [-0.1, -0.05) is 36.4 Å². The molecule has 7 heteroatoms. The Morgan fingerprint density at radius 1 is 0.972 bits per heavy atom. The molecule has 6 nitrogen and oxygen atoms in total. The van der Waals surface area contributed by atoms with Crippen LogP contribution < -0.4 is 10.4 Å². The highest BCUT2D eigenvalue weighted by Gasteiger charge is 2.17. The maximum absolute atomic E-state index is 13.7. The van der Waals surface area contributed by atoms with Crippen molar-refractivity contribution in [2.45, 2.75) is 13.3 Å². The number of ketones is 1. The van der Waals surface area contributed by atoms with E-state index < -0.39 is 0 Å². The van der Waals surface area contributed by atoms with E-state index in [2.05, 4.69) is 11.6 Å². The molecule has 0 radical (unpaired) electrons. The van der Waals surface area contributed by atoms with Crippen molar-refractivity contribution >= 4 is 28.4 Å². The van der Waals surface area contributed by atoms with Crippen LogP contribution in [0.15, 0.2) is 103 Å². The molecular formula is C29H22ClN3O3. The van der Waals surface area contributed by atoms with Crippen LogP contribution in [-0.4, -0.2) is 19.9 Å². The molecule has 0 saturated carbocycles. The van der Waals surface area contributed by atoms with Crippen LogP contribution in [0.5, 0.6) is 11.5 Å². The first-order valence-electron chi connectivity index (χ1n) is 11.3. The number of allylic oxidation sites excluding steroid dienone is 1. The fourth-order valence-corrected chi connectivity index (χ4v) is 4.23. The quantitative estimate of drug-likeness (QED) is 0.251. The largest absolute Gasteiger partial charge is 0.457 e. The monoisotopic (exact) mass is 495 g/mol. The molecule has 0 aliphatic carbocycles. The van der Waals surface area contributed by atoms with Gasteiger partial charge < -0.3 is 4.74 Å². The number of imidazole rings is 1. The lowest BCUT2D eigenvalue weighted by molar-refractivity contribution is -0.114. The zero-order chi connectivity index (χ0) is 25.2. The van der Waals surface area contributed by atoms with E-state index in [4.69, 9.17) is 16.3 Å². The number of aryl methyl sites for hydroxylation is 1. The summed E-state index contributed by atoms with van der Waals surface area (Å²) in [6.07, 6.45) is 4.84. The summed E-state index contributed by atoms with van der Waals surface area (Å²) in [6, 6.07) is 22.0. The maximum atomic E-state index is 13.7. The van der Waals surface area contributed by atoms with Crippen LogP contribution in [0.4, 0.5) is 0 Å². The highest BCUT2D eigenvalue weighted by molar-refractivity contribution is 6.31. The molecule has 0 amide bonds. The van der Waals surface area contributed by atoms with E-state index >= 15 is 0 Å². The van der Waals surface area contributed by atoms with Crippen LogP contribution in [0.1, 0.15) is 11.1 Å². The molecule has 0 fully saturated rings. The lowest BCUT2D eigenvalue weighted by Crippen LogP contribution is -2.22. The summed E-state index contributed by atoms with van der Waals surface area (Å²) in [5.74, 6) is 1.17. The number of carbonyl (C=O) groups is 1. The lowest BCUT2D eigenvalue weighted by atomic mass is 10.1. The van der Waals surface area contributed by atoms with Gasteiger partial charge in [0.15, 0.2) is 5.78 Å². The van der Waals surface area contributed by atoms with E-state index in [0.717, 1.165) is 11.1 Å². The third-order valence-electron chi connectivity index (χ3n) is 5.89. The van der Waals surface area contributed by atoms with Crippen LogP contribution in [-0.2, 0) is 11.2 Å². The first kappa shape index (κ1) is 23.3. The number of aromatic nitrogens is 3. The van der Waals surface area contributed by atoms with Crippen molar-refractivity contribution in [1.29, 1.82) is 0 Å². The highest BCUT2D eigenvalue weighted by Crippen LogP contribution is 2.28. The highest BCUT2D eigenvalue weighted by atomic mass is 35.5. The van der Waals surface area contributed by atoms with Gasteiger partial charge in [-0.05, 0) is 78.7 Å². The van der Waals surface area contributed by atoms with Gasteiger partial charge in [-0.15, -0.1) is 0 Å². The number of benzene rings is 3. The molecule has 0 N–H and O–H groups in total. The molecule has 0 spiro atoms. The molecule has 2 aromatic heterocycles. The summed E-state index contributed by atoms with van der Waals surface area (Å²) in [7, 11) is 0. The summed E-state index contributed by atoms with van der Waals surface area (Å²) in [4.78, 5) is 29.8. The number of carbonyl (C=O) groups excluding carboxylic acids is 1. The van der Waals surface area contributed by atoms with E-state index in [0.29, 0.717) is 38.9 Å². The van der Waals surface area contributed by atoms with Crippen molar-refractivity contribution in [2.24, 2.45) is 0 Å². The second kappa shape index (κ2) is 9.68. The molecule has 5 aromatic rings. The number of hydrogen-bond donors (Lipinski definition) is 0. The van der Waals surface area contributed by atoms with Crippen molar-refractivity contribution in [2.75, 3.05) is 0 Å². The molecular weight excluding hydrogens is 474 g/mol. The SMILES string of the molecule is C=CC(=O)Cc1cccc(-n2c(=O)n(-c3ccc(Oc4ccc(C)c(Cl)c4)cc3)c3cnccc32)c1. The Balaban J connectivity index is 1.54. The van der Waals surface area contributed by atoms with Crippen molar-refractivity contribution in [3.05, 3.63) is 124 Å². The molecule has 0 unspecified atom stereocenters. The Morgan fingerprint density at radius 2 is 1.72 bits per heavy atom. The molecule has 3 aromatic carbocycles. The lowest BCUT2D eigenvalue weighted by Gasteiger charge is -2.09. The van der Waals surface area contributed by atoms with Gasteiger partial charge in [0.1, 0.15) is 11.5 Å². The van der Waals surface area contributed by atoms with E-state index in [-0.39, 0.29) is 17.9 Å². The first-order chi connectivity index (χ1) is 17.4. The standard InChI is InChI=1S/C29H22ClN3O3/c1-3-23(34)16-20-5-4-6-22(15-20)33-27-13-14-31-18-28(27)32(29(33)35)21-8-11-24(12-9-21)36-25-10-7-19(2)26(30)17-25/h3-15,17-18H,1,16H2,2H3. The van der Waals surface area contributed by atoms with Gasteiger partial charge in [0.25, 0.3) is 0 Å². The van der Waals surface area contributed by atoms with Gasteiger partial charge in [0.05, 0.1) is 28.6 Å². The van der Waals surface area contributed by atoms with Gasteiger partial charge in [0.2, 0.25) is 0 Å². The normalized spacial score (nSPS) is 10.9. The van der Waals surface area contributed by atoms with E-state index in [1.807, 2.05) is 55.5 Å². The van der Waals surface area contributed by atoms with Crippen LogP contribution in [0.2, 0.25) is 5.02 Å². The number of hydrogen-bond acceptors (Lipinski definition) is 4. The minimum Gasteiger partial charge on any atom is -0.457 e. The summed E-state index contributed by atoms with van der Waals surface area (Å²) >= 11 is 6.21. The van der Waals surface area contributed by atoms with E-state index in [9.17, 15) is 9.59 Å². The predicted octanol–water partition coefficient (Wildman–Crippen LogP) is 6.23. The summed E-state index contributed by atoms with van der Waals surface area (Å²) in [6.45, 7) is 5.47. The van der Waals surface area contributed by atoms with Gasteiger partial charge in [-0.2, -0.15) is 0 Å². The van der Waals surface area contributed by atoms with Gasteiger partial charge in [-0.25, -0.2) is 4.79 Å². The molecule has 0 bridgehead atoms.